The van der Waals surface area contributed by atoms with Gasteiger partial charge >= 0.3 is 26.2 Å². The number of rotatable bonds is 1. The van der Waals surface area contributed by atoms with Crippen molar-refractivity contribution in [1.82, 2.24) is 0 Å². The van der Waals surface area contributed by atoms with Crippen molar-refractivity contribution in [2.45, 2.75) is 38.9 Å². The molecule has 22 heavy (non-hydrogen) atoms. The molecule has 0 aliphatic heterocycles. The van der Waals surface area contributed by atoms with E-state index >= 15 is 0 Å². The molecule has 2 heteroatoms. The zero-order chi connectivity index (χ0) is 15.6. The smallest absolute Gasteiger partial charge is 0.500 e. The summed E-state index contributed by atoms with van der Waals surface area (Å²) in [5.41, 5.74) is 5.18. The predicted octanol–water partition coefficient (Wildman–Crippen LogP) is 5.27. The Morgan fingerprint density at radius 3 is 1.45 bits per heavy atom. The van der Waals surface area contributed by atoms with E-state index in [2.05, 4.69) is 32.3 Å². The van der Waals surface area contributed by atoms with Crippen molar-refractivity contribution in [1.29, 1.82) is 0 Å². The van der Waals surface area contributed by atoms with Crippen molar-refractivity contribution < 1.29 is 26.2 Å². The molecule has 3 fully saturated rings. The van der Waals surface area contributed by atoms with E-state index in [9.17, 15) is 0 Å². The van der Waals surface area contributed by atoms with Crippen molar-refractivity contribution in [3.8, 4) is 0 Å². The van der Waals surface area contributed by atoms with Crippen molar-refractivity contribution in [2.75, 3.05) is 0 Å². The molecular formula is C20H28SiZr. The molecule has 3 rings (SSSR count). The minimum absolute atomic E-state index is 0. The van der Waals surface area contributed by atoms with Gasteiger partial charge in [0.1, 0.15) is 0 Å². The summed E-state index contributed by atoms with van der Waals surface area (Å²) in [5.74, 6) is 0.585. The Morgan fingerprint density at radius 1 is 0.864 bits per heavy atom. The third-order valence-corrected chi connectivity index (χ3v) is 4.21. The Kier molecular flexibility index (Phi) is 13.7. The molecule has 0 saturated heterocycles. The maximum Gasteiger partial charge on any atom is 2.00 e. The zero-order valence-electron chi connectivity index (χ0n) is 14.2. The molecule has 0 nitrogen and oxygen atoms in total. The van der Waals surface area contributed by atoms with Gasteiger partial charge in [-0.25, -0.2) is 0 Å². The van der Waals surface area contributed by atoms with Crippen LogP contribution in [0.25, 0.3) is 0 Å². The van der Waals surface area contributed by atoms with E-state index in [0.29, 0.717) is 5.92 Å². The summed E-state index contributed by atoms with van der Waals surface area (Å²) in [6.45, 7) is 11.1. The van der Waals surface area contributed by atoms with Crippen LogP contribution < -0.4 is 0 Å². The van der Waals surface area contributed by atoms with Gasteiger partial charge in [0.15, 0.2) is 0 Å². The largest absolute Gasteiger partial charge is 2.00 e. The fourth-order valence-electron chi connectivity index (χ4n) is 2.21. The van der Waals surface area contributed by atoms with Gasteiger partial charge in [0.25, 0.3) is 0 Å². The molecule has 3 saturated carbocycles. The molecule has 3 aliphatic carbocycles. The van der Waals surface area contributed by atoms with Crippen LogP contribution >= 0.6 is 0 Å². The number of hydrogen-bond donors (Lipinski definition) is 0. The van der Waals surface area contributed by atoms with Gasteiger partial charge in [-0.15, -0.1) is 8.07 Å². The second kappa shape index (κ2) is 13.2. The SMILES string of the molecule is [CH2-]C1CCCC1=[C-][Si](C)(C)C.[CH]1[CH][CH][CH][CH]1.[CH]1[CH][CH][CH][CH]1.[Zr+2]. The summed E-state index contributed by atoms with van der Waals surface area (Å²) in [4.78, 5) is 0. The monoisotopic (exact) mass is 386 g/mol. The summed E-state index contributed by atoms with van der Waals surface area (Å²) >= 11 is 0. The molecule has 0 spiro atoms. The van der Waals surface area contributed by atoms with Crippen LogP contribution in [-0.2, 0) is 26.2 Å². The summed E-state index contributed by atoms with van der Waals surface area (Å²) in [6, 6.07) is 0. The Morgan fingerprint density at radius 2 is 1.23 bits per heavy atom. The predicted molar refractivity (Wildman–Crippen MR) is 95.8 cm³/mol. The van der Waals surface area contributed by atoms with Gasteiger partial charge in [0.05, 0.1) is 0 Å². The van der Waals surface area contributed by atoms with Crippen LogP contribution in [0.1, 0.15) is 19.3 Å². The molecule has 1 atom stereocenters. The molecule has 0 N–H and O–H groups in total. The molecule has 0 aromatic heterocycles. The van der Waals surface area contributed by atoms with Crippen LogP contribution in [0.3, 0.4) is 0 Å². The third-order valence-electron chi connectivity index (χ3n) is 3.14. The van der Waals surface area contributed by atoms with Crippen molar-refractivity contribution in [2.24, 2.45) is 5.92 Å². The van der Waals surface area contributed by atoms with E-state index in [4.69, 9.17) is 0 Å². The molecule has 3 aliphatic rings. The Bertz CT molecular complexity index is 257. The Hall–Kier alpha value is 0.840. The summed E-state index contributed by atoms with van der Waals surface area (Å²) in [5, 5.41) is 0. The van der Waals surface area contributed by atoms with E-state index in [1.807, 2.05) is 64.2 Å². The van der Waals surface area contributed by atoms with Crippen LogP contribution in [-0.4, -0.2) is 8.07 Å². The average molecular weight is 388 g/mol. The Labute approximate surface area is 161 Å². The van der Waals surface area contributed by atoms with Gasteiger partial charge in [-0.1, -0.05) is 38.9 Å². The molecule has 116 valence electrons. The first-order chi connectivity index (χ1) is 9.99. The molecule has 0 heterocycles. The van der Waals surface area contributed by atoms with Crippen molar-refractivity contribution in [3.05, 3.63) is 82.4 Å². The van der Waals surface area contributed by atoms with E-state index in [1.165, 1.54) is 24.8 Å². The second-order valence-electron chi connectivity index (χ2n) is 6.41. The van der Waals surface area contributed by atoms with Gasteiger partial charge < -0.3 is 12.6 Å². The molecule has 1 unspecified atom stereocenters. The van der Waals surface area contributed by atoms with Crippen LogP contribution in [0, 0.1) is 82.7 Å². The van der Waals surface area contributed by atoms with E-state index < -0.39 is 8.07 Å². The van der Waals surface area contributed by atoms with Gasteiger partial charge in [0, 0.05) is 0 Å². The van der Waals surface area contributed by atoms with Crippen LogP contribution in [0.4, 0.5) is 0 Å². The topological polar surface area (TPSA) is 0 Å². The first kappa shape index (κ1) is 22.8. The van der Waals surface area contributed by atoms with E-state index in [1.54, 1.807) is 0 Å². The molecule has 0 bridgehead atoms. The van der Waals surface area contributed by atoms with Gasteiger partial charge in [-0.05, 0) is 64.2 Å². The fourth-order valence-corrected chi connectivity index (χ4v) is 3.50. The molecule has 0 amide bonds. The standard InChI is InChI=1S/C10H18Si.2C5H5.Zr/c1-9-6-5-7-10(9)8-11(2,3)4;2*1-2-4-5-3-1;/h9H,1,5-7H2,2-4H3;2*1-5H;/q-2;;;+2. The fraction of sp³-hybridized carbons (Fsp3) is 0.350. The first-order valence-electron chi connectivity index (χ1n) is 7.79. The summed E-state index contributed by atoms with van der Waals surface area (Å²) in [7, 11) is -1.09. The minimum atomic E-state index is -1.09. The number of hydrogen-bond acceptors (Lipinski definition) is 0. The number of allylic oxidation sites excluding steroid dienone is 1. The molecular weight excluding hydrogens is 360 g/mol. The van der Waals surface area contributed by atoms with Crippen molar-refractivity contribution in [3.63, 3.8) is 0 Å². The quantitative estimate of drug-likeness (QED) is 0.425. The van der Waals surface area contributed by atoms with E-state index in [0.717, 1.165) is 0 Å². The maximum atomic E-state index is 4.13. The van der Waals surface area contributed by atoms with Gasteiger partial charge in [-0.2, -0.15) is 5.92 Å². The van der Waals surface area contributed by atoms with Gasteiger partial charge in [0.2, 0.25) is 0 Å². The molecule has 0 aromatic rings. The van der Waals surface area contributed by atoms with Crippen LogP contribution in [0.2, 0.25) is 19.6 Å². The minimum Gasteiger partial charge on any atom is -0.500 e. The third kappa shape index (κ3) is 12.3. The van der Waals surface area contributed by atoms with Gasteiger partial charge in [-0.3, -0.25) is 5.57 Å². The Balaban J connectivity index is 0.000000334. The summed E-state index contributed by atoms with van der Waals surface area (Å²) in [6.07, 6.45) is 23.9. The maximum absolute atomic E-state index is 4.13. The first-order valence-corrected chi connectivity index (χ1v) is 11.3. The van der Waals surface area contributed by atoms with Crippen molar-refractivity contribution >= 4 is 8.07 Å². The second-order valence-corrected chi connectivity index (χ2v) is 11.2. The molecule has 0 aromatic carbocycles. The summed E-state index contributed by atoms with van der Waals surface area (Å²) < 4.78 is 0. The molecule has 10 radical (unpaired) electrons. The van der Waals surface area contributed by atoms with Crippen LogP contribution in [0.15, 0.2) is 5.57 Å². The average Bonchev–Trinajstić information content (AvgIpc) is 3.13. The van der Waals surface area contributed by atoms with E-state index in [-0.39, 0.29) is 26.2 Å². The normalized spacial score (nSPS) is 25.8. The zero-order valence-corrected chi connectivity index (χ0v) is 17.6. The van der Waals surface area contributed by atoms with Crippen LogP contribution in [0.5, 0.6) is 0 Å².